The number of isocyanates is 2. The molecular weight excluding hydrogens is 254 g/mol. The van der Waals surface area contributed by atoms with Crippen LogP contribution in [-0.2, 0) is 15.1 Å². The number of hydrogen-bond donors (Lipinski definition) is 0. The van der Waals surface area contributed by atoms with Gasteiger partial charge in [0.25, 0.3) is 0 Å². The van der Waals surface area contributed by atoms with Gasteiger partial charge in [-0.1, -0.05) is 19.1 Å². The zero-order chi connectivity index (χ0) is 14.8. The third-order valence-electron chi connectivity index (χ3n) is 2.91. The lowest BCUT2D eigenvalue weighted by molar-refractivity contribution is 0.556. The Morgan fingerprint density at radius 2 is 2.05 bits per heavy atom. The first-order valence-corrected chi connectivity index (χ1v) is 6.35. The van der Waals surface area contributed by atoms with Gasteiger partial charge in [-0.05, 0) is 37.0 Å². The second-order valence-corrected chi connectivity index (χ2v) is 4.40. The lowest BCUT2D eigenvalue weighted by Gasteiger charge is -2.07. The molecule has 1 aliphatic carbocycles. The number of carbonyl (C=O) groups excluding carboxylic acids is 2. The Labute approximate surface area is 117 Å². The highest BCUT2D eigenvalue weighted by molar-refractivity contribution is 5.44. The van der Waals surface area contributed by atoms with Crippen LogP contribution in [0.25, 0.3) is 0 Å². The Balaban J connectivity index is 0.000000286. The second-order valence-electron chi connectivity index (χ2n) is 4.40. The molecule has 0 heterocycles. The van der Waals surface area contributed by atoms with Crippen molar-refractivity contribution in [2.45, 2.75) is 31.7 Å². The van der Waals surface area contributed by atoms with E-state index in [2.05, 4.69) is 16.1 Å². The fourth-order valence-corrected chi connectivity index (χ4v) is 1.71. The molecule has 1 aliphatic rings. The van der Waals surface area contributed by atoms with Gasteiger partial charge in [0.05, 0.1) is 23.7 Å². The summed E-state index contributed by atoms with van der Waals surface area (Å²) >= 11 is 0. The predicted molar refractivity (Wildman–Crippen MR) is 73.5 cm³/mol. The summed E-state index contributed by atoms with van der Waals surface area (Å²) in [5, 5.41) is 8.72. The number of rotatable bonds is 4. The van der Waals surface area contributed by atoms with Gasteiger partial charge in [-0.2, -0.15) is 10.3 Å². The molecular formula is C15H15N3O2. The quantitative estimate of drug-likeness (QED) is 0.622. The lowest BCUT2D eigenvalue weighted by Crippen LogP contribution is -2.01. The summed E-state index contributed by atoms with van der Waals surface area (Å²) in [6, 6.07) is 9.31. The van der Waals surface area contributed by atoms with Crippen LogP contribution in [0.3, 0.4) is 0 Å². The SMILES string of the molecule is CCCN=C=O.N#Cc1cccc(C2(N=C=O)CC2)c1. The van der Waals surface area contributed by atoms with E-state index in [-0.39, 0.29) is 5.54 Å². The fourth-order valence-electron chi connectivity index (χ4n) is 1.71. The lowest BCUT2D eigenvalue weighted by atomic mass is 10.0. The van der Waals surface area contributed by atoms with Crippen molar-refractivity contribution >= 4 is 12.2 Å². The van der Waals surface area contributed by atoms with Gasteiger partial charge < -0.3 is 0 Å². The highest BCUT2D eigenvalue weighted by Crippen LogP contribution is 2.49. The van der Waals surface area contributed by atoms with Crippen molar-refractivity contribution < 1.29 is 9.59 Å². The van der Waals surface area contributed by atoms with Crippen LogP contribution >= 0.6 is 0 Å². The Bertz CT molecular complexity index is 587. The Morgan fingerprint density at radius 1 is 1.30 bits per heavy atom. The minimum atomic E-state index is -0.366. The molecule has 2 rings (SSSR count). The smallest absolute Gasteiger partial charge is 0.211 e. The number of hydrogen-bond acceptors (Lipinski definition) is 5. The van der Waals surface area contributed by atoms with Crippen LogP contribution in [0, 0.1) is 11.3 Å². The highest BCUT2D eigenvalue weighted by atomic mass is 16.1. The summed E-state index contributed by atoms with van der Waals surface area (Å²) in [6.45, 7) is 2.57. The van der Waals surface area contributed by atoms with Crippen LogP contribution in [-0.4, -0.2) is 18.7 Å². The van der Waals surface area contributed by atoms with Crippen molar-refractivity contribution in [2.24, 2.45) is 9.98 Å². The van der Waals surface area contributed by atoms with Crippen molar-refractivity contribution in [3.8, 4) is 6.07 Å². The van der Waals surface area contributed by atoms with Gasteiger partial charge in [0.2, 0.25) is 12.2 Å². The maximum absolute atomic E-state index is 10.2. The fraction of sp³-hybridized carbons (Fsp3) is 0.400. The largest absolute Gasteiger partial charge is 0.235 e. The monoisotopic (exact) mass is 269 g/mol. The number of benzene rings is 1. The summed E-state index contributed by atoms with van der Waals surface area (Å²) in [5.41, 5.74) is 1.18. The third-order valence-corrected chi connectivity index (χ3v) is 2.91. The van der Waals surface area contributed by atoms with Crippen LogP contribution < -0.4 is 0 Å². The van der Waals surface area contributed by atoms with E-state index in [1.54, 1.807) is 18.2 Å². The molecule has 1 saturated carbocycles. The molecule has 1 aromatic rings. The second kappa shape index (κ2) is 7.81. The maximum atomic E-state index is 10.2. The molecule has 0 atom stereocenters. The number of nitriles is 1. The van der Waals surface area contributed by atoms with Crippen LogP contribution in [0.15, 0.2) is 34.3 Å². The van der Waals surface area contributed by atoms with Gasteiger partial charge in [-0.15, -0.1) is 0 Å². The molecule has 0 radical (unpaired) electrons. The van der Waals surface area contributed by atoms with Crippen molar-refractivity contribution in [3.05, 3.63) is 35.4 Å². The van der Waals surface area contributed by atoms with Crippen LogP contribution in [0.5, 0.6) is 0 Å². The molecule has 0 amide bonds. The van der Waals surface area contributed by atoms with E-state index in [1.807, 2.05) is 19.1 Å². The molecule has 0 unspecified atom stereocenters. The summed E-state index contributed by atoms with van der Waals surface area (Å²) in [6.07, 6.45) is 5.71. The zero-order valence-corrected chi connectivity index (χ0v) is 11.3. The van der Waals surface area contributed by atoms with E-state index in [4.69, 9.17) is 5.26 Å². The van der Waals surface area contributed by atoms with Gasteiger partial charge >= 0.3 is 0 Å². The van der Waals surface area contributed by atoms with E-state index >= 15 is 0 Å². The van der Waals surface area contributed by atoms with E-state index in [0.29, 0.717) is 12.1 Å². The first-order valence-electron chi connectivity index (χ1n) is 6.35. The first kappa shape index (κ1) is 15.5. The van der Waals surface area contributed by atoms with Gasteiger partial charge in [0.1, 0.15) is 0 Å². The van der Waals surface area contributed by atoms with Gasteiger partial charge in [-0.25, -0.2) is 14.6 Å². The molecule has 0 bridgehead atoms. The molecule has 5 heteroatoms. The zero-order valence-electron chi connectivity index (χ0n) is 11.3. The minimum Gasteiger partial charge on any atom is -0.211 e. The molecule has 20 heavy (non-hydrogen) atoms. The summed E-state index contributed by atoms with van der Waals surface area (Å²) < 4.78 is 0. The summed E-state index contributed by atoms with van der Waals surface area (Å²) in [5.74, 6) is 0. The maximum Gasteiger partial charge on any atom is 0.235 e. The standard InChI is InChI=1S/C11H8N2O.C4H7NO/c12-7-9-2-1-3-10(6-9)11(4-5-11)13-8-14;1-2-3-5-4-6/h1-3,6H,4-5H2;2-3H2,1H3. The molecule has 0 aliphatic heterocycles. The van der Waals surface area contributed by atoms with Gasteiger partial charge in [0, 0.05) is 0 Å². The van der Waals surface area contributed by atoms with Crippen molar-refractivity contribution in [1.82, 2.24) is 0 Å². The van der Waals surface area contributed by atoms with E-state index in [0.717, 1.165) is 24.8 Å². The predicted octanol–water partition coefficient (Wildman–Crippen LogP) is 2.62. The van der Waals surface area contributed by atoms with Crippen molar-refractivity contribution in [2.75, 3.05) is 6.54 Å². The molecule has 0 spiro atoms. The molecule has 1 aromatic carbocycles. The Kier molecular flexibility index (Phi) is 6.06. The van der Waals surface area contributed by atoms with Crippen LogP contribution in [0.2, 0.25) is 0 Å². The molecule has 0 aromatic heterocycles. The molecule has 0 N–H and O–H groups in total. The van der Waals surface area contributed by atoms with E-state index in [9.17, 15) is 9.59 Å². The first-order chi connectivity index (χ1) is 9.72. The third kappa shape index (κ3) is 4.29. The summed E-state index contributed by atoms with van der Waals surface area (Å²) in [4.78, 5) is 26.6. The van der Waals surface area contributed by atoms with Gasteiger partial charge in [0.15, 0.2) is 0 Å². The van der Waals surface area contributed by atoms with Crippen LogP contribution in [0.4, 0.5) is 0 Å². The summed E-state index contributed by atoms with van der Waals surface area (Å²) in [7, 11) is 0. The van der Waals surface area contributed by atoms with Crippen molar-refractivity contribution in [3.63, 3.8) is 0 Å². The van der Waals surface area contributed by atoms with Crippen LogP contribution in [0.1, 0.15) is 37.3 Å². The highest BCUT2D eigenvalue weighted by Gasteiger charge is 2.44. The number of aliphatic imine (C=N–C) groups is 2. The molecule has 0 saturated heterocycles. The van der Waals surface area contributed by atoms with E-state index in [1.165, 1.54) is 6.08 Å². The van der Waals surface area contributed by atoms with Gasteiger partial charge in [-0.3, -0.25) is 0 Å². The molecule has 102 valence electrons. The van der Waals surface area contributed by atoms with E-state index < -0.39 is 0 Å². The molecule has 5 nitrogen and oxygen atoms in total. The minimum absolute atomic E-state index is 0.366. The Morgan fingerprint density at radius 3 is 2.50 bits per heavy atom. The molecule has 1 fully saturated rings. The average molecular weight is 269 g/mol. The average Bonchev–Trinajstić information content (AvgIpc) is 3.27. The topological polar surface area (TPSA) is 82.7 Å². The normalized spacial score (nSPS) is 13.6. The Hall–Kier alpha value is -2.53. The van der Waals surface area contributed by atoms with Crippen molar-refractivity contribution in [1.29, 1.82) is 5.26 Å². The number of nitrogens with zero attached hydrogens (tertiary/aromatic N) is 3.